The van der Waals surface area contributed by atoms with E-state index < -0.39 is 5.97 Å². The molecular formula is C13H26O5Si. The Morgan fingerprint density at radius 1 is 1.16 bits per heavy atom. The zero-order valence-electron chi connectivity index (χ0n) is 12.5. The standard InChI is InChI=1S/C13H26O5Si/c1-11(2)12(14)18-8-6-9-19-10-7-13(15-3,16-4)17-5/h1,6-10,19H2,2-5H3. The van der Waals surface area contributed by atoms with Crippen molar-refractivity contribution in [1.29, 1.82) is 0 Å². The monoisotopic (exact) mass is 290 g/mol. The lowest BCUT2D eigenvalue weighted by molar-refractivity contribution is -0.352. The summed E-state index contributed by atoms with van der Waals surface area (Å²) in [6.07, 6.45) is 1.64. The summed E-state index contributed by atoms with van der Waals surface area (Å²) in [6.45, 7) is 5.66. The molecule has 5 nitrogen and oxygen atoms in total. The van der Waals surface area contributed by atoms with Crippen LogP contribution in [-0.4, -0.2) is 49.4 Å². The highest BCUT2D eigenvalue weighted by Gasteiger charge is 2.28. The van der Waals surface area contributed by atoms with Gasteiger partial charge in [-0.3, -0.25) is 0 Å². The average Bonchev–Trinajstić information content (AvgIpc) is 2.42. The number of carbonyl (C=O) groups is 1. The molecule has 0 spiro atoms. The van der Waals surface area contributed by atoms with Gasteiger partial charge < -0.3 is 18.9 Å². The topological polar surface area (TPSA) is 54.0 Å². The lowest BCUT2D eigenvalue weighted by Crippen LogP contribution is -2.36. The first-order chi connectivity index (χ1) is 9.01. The molecule has 0 aliphatic carbocycles. The van der Waals surface area contributed by atoms with Crippen molar-refractivity contribution in [3.8, 4) is 0 Å². The van der Waals surface area contributed by atoms with Crippen molar-refractivity contribution in [3.05, 3.63) is 12.2 Å². The Morgan fingerprint density at radius 3 is 2.21 bits per heavy atom. The zero-order chi connectivity index (χ0) is 14.7. The van der Waals surface area contributed by atoms with Crippen molar-refractivity contribution in [3.63, 3.8) is 0 Å². The molecule has 0 aromatic carbocycles. The van der Waals surface area contributed by atoms with E-state index in [0.717, 1.165) is 24.9 Å². The fourth-order valence-electron chi connectivity index (χ4n) is 1.64. The molecule has 0 aromatic heterocycles. The summed E-state index contributed by atoms with van der Waals surface area (Å²) in [7, 11) is 4.51. The van der Waals surface area contributed by atoms with Crippen LogP contribution in [0.2, 0.25) is 12.1 Å². The second-order valence-electron chi connectivity index (χ2n) is 4.38. The predicted molar refractivity (Wildman–Crippen MR) is 76.9 cm³/mol. The van der Waals surface area contributed by atoms with Crippen molar-refractivity contribution >= 4 is 15.5 Å². The first-order valence-electron chi connectivity index (χ1n) is 6.49. The molecule has 0 heterocycles. The molecule has 0 bridgehead atoms. The third kappa shape index (κ3) is 7.46. The van der Waals surface area contributed by atoms with Crippen LogP contribution in [0.4, 0.5) is 0 Å². The minimum atomic E-state index is -0.903. The Bertz CT molecular complexity index is 268. The molecule has 0 saturated carbocycles. The highest BCUT2D eigenvalue weighted by atomic mass is 28.2. The minimum absolute atomic E-state index is 0.214. The van der Waals surface area contributed by atoms with E-state index in [2.05, 4.69) is 6.58 Å². The summed E-state index contributed by atoms with van der Waals surface area (Å²) >= 11 is 0. The Morgan fingerprint density at radius 2 is 1.74 bits per heavy atom. The fraction of sp³-hybridized carbons (Fsp3) is 0.769. The fourth-order valence-corrected chi connectivity index (χ4v) is 3.24. The third-order valence-corrected chi connectivity index (χ3v) is 4.75. The second kappa shape index (κ2) is 10.1. The summed E-state index contributed by atoms with van der Waals surface area (Å²) in [4.78, 5) is 11.1. The average molecular weight is 290 g/mol. The first-order valence-corrected chi connectivity index (χ1v) is 8.49. The summed E-state index contributed by atoms with van der Waals surface area (Å²) in [5.41, 5.74) is 0.447. The van der Waals surface area contributed by atoms with Gasteiger partial charge in [0.2, 0.25) is 0 Å². The van der Waals surface area contributed by atoms with Crippen LogP contribution < -0.4 is 0 Å². The van der Waals surface area contributed by atoms with Crippen LogP contribution in [0.15, 0.2) is 12.2 Å². The molecule has 19 heavy (non-hydrogen) atoms. The van der Waals surface area contributed by atoms with Crippen LogP contribution in [0, 0.1) is 0 Å². The van der Waals surface area contributed by atoms with E-state index in [1.165, 1.54) is 0 Å². The van der Waals surface area contributed by atoms with Crippen LogP contribution >= 0.6 is 0 Å². The number of carbonyl (C=O) groups excluding carboxylic acids is 1. The molecule has 112 valence electrons. The highest BCUT2D eigenvalue weighted by Crippen LogP contribution is 2.19. The largest absolute Gasteiger partial charge is 0.462 e. The molecule has 6 heteroatoms. The minimum Gasteiger partial charge on any atom is -0.462 e. The molecule has 0 saturated heterocycles. The van der Waals surface area contributed by atoms with Crippen molar-refractivity contribution in [2.75, 3.05) is 27.9 Å². The lowest BCUT2D eigenvalue weighted by Gasteiger charge is -2.28. The Labute approximate surface area is 118 Å². The van der Waals surface area contributed by atoms with Crippen LogP contribution in [0.5, 0.6) is 0 Å². The maximum absolute atomic E-state index is 11.1. The summed E-state index contributed by atoms with van der Waals surface area (Å²) < 4.78 is 20.7. The molecule has 0 aromatic rings. The van der Waals surface area contributed by atoms with E-state index in [0.29, 0.717) is 12.2 Å². The van der Waals surface area contributed by atoms with E-state index in [1.807, 2.05) is 0 Å². The zero-order valence-corrected chi connectivity index (χ0v) is 13.9. The quantitative estimate of drug-likeness (QED) is 0.190. The summed E-state index contributed by atoms with van der Waals surface area (Å²) in [6, 6.07) is 2.18. The van der Waals surface area contributed by atoms with Gasteiger partial charge >= 0.3 is 5.97 Å². The van der Waals surface area contributed by atoms with Gasteiger partial charge in [-0.25, -0.2) is 4.79 Å². The number of hydrogen-bond donors (Lipinski definition) is 0. The van der Waals surface area contributed by atoms with Gasteiger partial charge in [0.15, 0.2) is 0 Å². The first kappa shape index (κ1) is 18.3. The summed E-state index contributed by atoms with van der Waals surface area (Å²) in [5.74, 6) is -1.21. The number of rotatable bonds is 11. The molecular weight excluding hydrogens is 264 g/mol. The number of hydrogen-bond acceptors (Lipinski definition) is 5. The van der Waals surface area contributed by atoms with Gasteiger partial charge in [0.1, 0.15) is 0 Å². The van der Waals surface area contributed by atoms with Crippen LogP contribution in [-0.2, 0) is 23.7 Å². The van der Waals surface area contributed by atoms with Crippen LogP contribution in [0.1, 0.15) is 19.8 Å². The smallest absolute Gasteiger partial charge is 0.333 e. The Balaban J connectivity index is 3.60. The van der Waals surface area contributed by atoms with Gasteiger partial charge in [-0.05, 0) is 13.3 Å². The van der Waals surface area contributed by atoms with Crippen LogP contribution in [0.3, 0.4) is 0 Å². The molecule has 0 atom stereocenters. The second-order valence-corrected chi connectivity index (χ2v) is 6.50. The van der Waals surface area contributed by atoms with Crippen LogP contribution in [0.25, 0.3) is 0 Å². The van der Waals surface area contributed by atoms with Crippen molar-refractivity contribution in [1.82, 2.24) is 0 Å². The van der Waals surface area contributed by atoms with Gasteiger partial charge in [0.25, 0.3) is 5.97 Å². The van der Waals surface area contributed by atoms with Gasteiger partial charge in [0, 0.05) is 42.8 Å². The van der Waals surface area contributed by atoms with E-state index in [4.69, 9.17) is 18.9 Å². The Hall–Kier alpha value is -0.693. The van der Waals surface area contributed by atoms with Gasteiger partial charge in [-0.15, -0.1) is 0 Å². The van der Waals surface area contributed by atoms with Gasteiger partial charge in [-0.1, -0.05) is 18.7 Å². The third-order valence-electron chi connectivity index (χ3n) is 2.89. The van der Waals surface area contributed by atoms with E-state index in [-0.39, 0.29) is 15.5 Å². The molecule has 0 fully saturated rings. The molecule has 0 aliphatic heterocycles. The number of ether oxygens (including phenoxy) is 4. The predicted octanol–water partition coefficient (Wildman–Crippen LogP) is 1.48. The molecule has 0 radical (unpaired) electrons. The highest BCUT2D eigenvalue weighted by molar-refractivity contribution is 6.35. The molecule has 0 rings (SSSR count). The van der Waals surface area contributed by atoms with E-state index in [1.54, 1.807) is 28.3 Å². The summed E-state index contributed by atoms with van der Waals surface area (Å²) in [5, 5.41) is 0. The van der Waals surface area contributed by atoms with Crippen molar-refractivity contribution in [2.45, 2.75) is 37.8 Å². The maximum Gasteiger partial charge on any atom is 0.333 e. The Kier molecular flexibility index (Phi) is 9.77. The van der Waals surface area contributed by atoms with Crippen molar-refractivity contribution < 1.29 is 23.7 Å². The normalized spacial score (nSPS) is 12.0. The maximum atomic E-state index is 11.1. The van der Waals surface area contributed by atoms with E-state index >= 15 is 0 Å². The molecule has 0 aliphatic rings. The van der Waals surface area contributed by atoms with E-state index in [9.17, 15) is 4.79 Å². The lowest BCUT2D eigenvalue weighted by atomic mass is 10.4. The van der Waals surface area contributed by atoms with Gasteiger partial charge in [0.05, 0.1) is 6.61 Å². The SMILES string of the molecule is C=C(C)C(=O)OCCC[SiH2]CCC(OC)(OC)OC. The number of methoxy groups -OCH3 is 3. The molecule has 0 N–H and O–H groups in total. The molecule has 0 unspecified atom stereocenters. The molecule has 0 amide bonds. The van der Waals surface area contributed by atoms with Crippen molar-refractivity contribution in [2.24, 2.45) is 0 Å². The van der Waals surface area contributed by atoms with Gasteiger partial charge in [-0.2, -0.15) is 0 Å². The number of esters is 1.